The molecule has 0 unspecified atom stereocenters. The summed E-state index contributed by atoms with van der Waals surface area (Å²) in [4.78, 5) is 6.99. The average molecular weight is 892 g/mol. The Bertz CT molecular complexity index is 1930. The van der Waals surface area contributed by atoms with Gasteiger partial charge < -0.3 is 31.8 Å². The standard InChI is InChI=1S/C24H25NP.C24H24NP.C4H9O.BrH.Na/c2*1-25-20-12-5-13-21-26(22-14-6-2-7-15-22,23-16-8-3-9-17-23)24-18-10-4-11-19-24;1-4(2,3)5;;/h2-4,6-11,14-19H,5,12-13,20-21H2;2-4,6-11,14-19,21H,5,12-13,20H2;1-3H3;1H;/q+1;;-1;;+1/p-1. The van der Waals surface area contributed by atoms with Gasteiger partial charge >= 0.3 is 29.6 Å². The molecule has 0 bridgehead atoms. The molecule has 7 heteroatoms. The van der Waals surface area contributed by atoms with Crippen LogP contribution >= 0.6 is 14.1 Å². The summed E-state index contributed by atoms with van der Waals surface area (Å²) in [7, 11) is -1.68. The quantitative estimate of drug-likeness (QED) is 0.0663. The molecule has 300 valence electrons. The fourth-order valence-electron chi connectivity index (χ4n) is 6.97. The SMILES string of the molecule is CC(C)(C)[O-].[Br-].[C-]#[N+]CCCCC=P(c1ccccc1)(c1ccccc1)c1ccccc1.[C-]#[N+]CCCCC[P+](c1ccccc1)(c1ccccc1)c1ccccc1.[Na+]. The summed E-state index contributed by atoms with van der Waals surface area (Å²) in [6.07, 6.45) is 7.50. The Morgan fingerprint density at radius 3 is 1.08 bits per heavy atom. The van der Waals surface area contributed by atoms with Gasteiger partial charge in [-0.15, -0.1) is 5.60 Å². The van der Waals surface area contributed by atoms with E-state index in [1.807, 2.05) is 0 Å². The van der Waals surface area contributed by atoms with Crippen molar-refractivity contribution in [3.63, 3.8) is 0 Å². The number of nitrogens with zero attached hydrogens (tertiary/aromatic N) is 2. The molecular weight excluding hydrogens is 833 g/mol. The van der Waals surface area contributed by atoms with E-state index < -0.39 is 19.7 Å². The number of benzene rings is 6. The zero-order chi connectivity index (χ0) is 40.7. The molecule has 0 saturated carbocycles. The summed E-state index contributed by atoms with van der Waals surface area (Å²) in [6, 6.07) is 65.8. The molecule has 6 aromatic carbocycles. The predicted molar refractivity (Wildman–Crippen MR) is 252 cm³/mol. The maximum Gasteiger partial charge on any atom is 1.00 e. The second kappa shape index (κ2) is 28.1. The van der Waals surface area contributed by atoms with Crippen molar-refractivity contribution in [2.24, 2.45) is 0 Å². The van der Waals surface area contributed by atoms with Crippen LogP contribution in [0.15, 0.2) is 182 Å². The maximum atomic E-state index is 10.1. The van der Waals surface area contributed by atoms with Crippen LogP contribution in [0.25, 0.3) is 9.69 Å². The van der Waals surface area contributed by atoms with Crippen molar-refractivity contribution in [1.82, 2.24) is 0 Å². The van der Waals surface area contributed by atoms with Crippen molar-refractivity contribution in [2.75, 3.05) is 19.3 Å². The molecule has 0 amide bonds. The Hall–Kier alpha value is -3.53. The van der Waals surface area contributed by atoms with E-state index >= 15 is 0 Å². The molecule has 0 spiro atoms. The van der Waals surface area contributed by atoms with Crippen LogP contribution in [0.1, 0.15) is 59.3 Å². The van der Waals surface area contributed by atoms with Gasteiger partial charge in [-0.1, -0.05) is 172 Å². The largest absolute Gasteiger partial charge is 1.00 e. The van der Waals surface area contributed by atoms with Gasteiger partial charge in [-0.05, 0) is 84.9 Å². The number of unbranched alkanes of at least 4 members (excludes halogenated alkanes) is 4. The minimum atomic E-state index is -1.80. The van der Waals surface area contributed by atoms with Crippen molar-refractivity contribution in [2.45, 2.75) is 64.9 Å². The maximum absolute atomic E-state index is 10.1. The number of hydrogen-bond acceptors (Lipinski definition) is 1. The Labute approximate surface area is 389 Å². The van der Waals surface area contributed by atoms with Gasteiger partial charge in [0.2, 0.25) is 13.1 Å². The molecule has 0 aromatic heterocycles. The fourth-order valence-corrected chi connectivity index (χ4v) is 15.4. The molecule has 6 aromatic rings. The molecule has 3 nitrogen and oxygen atoms in total. The number of hydrogen-bond donors (Lipinski definition) is 0. The second-order valence-electron chi connectivity index (χ2n) is 14.9. The number of rotatable bonds is 15. The molecule has 0 N–H and O–H groups in total. The molecule has 0 aliphatic carbocycles. The normalized spacial score (nSPS) is 10.7. The second-order valence-corrected chi connectivity index (χ2v) is 21.9. The topological polar surface area (TPSA) is 31.8 Å². The molecule has 0 aliphatic heterocycles. The Morgan fingerprint density at radius 1 is 0.492 bits per heavy atom. The van der Waals surface area contributed by atoms with Crippen molar-refractivity contribution in [1.29, 1.82) is 0 Å². The van der Waals surface area contributed by atoms with Crippen molar-refractivity contribution in [3.8, 4) is 0 Å². The zero-order valence-electron chi connectivity index (χ0n) is 35.3. The summed E-state index contributed by atoms with van der Waals surface area (Å²) >= 11 is 0. The summed E-state index contributed by atoms with van der Waals surface area (Å²) < 4.78 is 0. The van der Waals surface area contributed by atoms with Gasteiger partial charge in [-0.25, -0.2) is 13.1 Å². The van der Waals surface area contributed by atoms with E-state index in [9.17, 15) is 5.11 Å². The smallest absolute Gasteiger partial charge is 1.00 e. The van der Waals surface area contributed by atoms with Crippen LogP contribution in [0, 0.1) is 13.1 Å². The van der Waals surface area contributed by atoms with Gasteiger partial charge in [0.1, 0.15) is 23.2 Å². The van der Waals surface area contributed by atoms with Crippen LogP contribution in [0.4, 0.5) is 0 Å². The first-order valence-electron chi connectivity index (χ1n) is 20.1. The third-order valence-corrected chi connectivity index (χ3v) is 18.1. The van der Waals surface area contributed by atoms with Crippen LogP contribution in [-0.4, -0.2) is 30.6 Å². The monoisotopic (exact) mass is 890 g/mol. The summed E-state index contributed by atoms with van der Waals surface area (Å²) in [5, 5.41) is 18.6. The fraction of sp³-hybridized carbons (Fsp3) is 0.250. The first-order chi connectivity index (χ1) is 27.8. The van der Waals surface area contributed by atoms with Gasteiger partial charge in [0.25, 0.3) is 0 Å². The molecule has 59 heavy (non-hydrogen) atoms. The Balaban J connectivity index is 0.000000354. The molecule has 0 fully saturated rings. The van der Waals surface area contributed by atoms with Crippen LogP contribution in [0.2, 0.25) is 0 Å². The van der Waals surface area contributed by atoms with Crippen molar-refractivity contribution < 1.29 is 51.6 Å². The van der Waals surface area contributed by atoms with Crippen LogP contribution < -0.4 is 83.5 Å². The number of halogens is 1. The predicted octanol–water partition coefficient (Wildman–Crippen LogP) is 4.10. The summed E-state index contributed by atoms with van der Waals surface area (Å²) in [5.74, 6) is 2.55. The van der Waals surface area contributed by atoms with Gasteiger partial charge in [0.15, 0.2) is 0 Å². The van der Waals surface area contributed by atoms with Gasteiger partial charge in [0.05, 0.1) is 6.16 Å². The van der Waals surface area contributed by atoms with E-state index in [4.69, 9.17) is 13.1 Å². The molecule has 0 aliphatic rings. The van der Waals surface area contributed by atoms with E-state index in [1.54, 1.807) is 20.8 Å². The van der Waals surface area contributed by atoms with Gasteiger partial charge in [-0.3, -0.25) is 0 Å². The van der Waals surface area contributed by atoms with E-state index in [2.05, 4.69) is 197 Å². The Morgan fingerprint density at radius 2 is 0.780 bits per heavy atom. The molecule has 0 atom stereocenters. The molecule has 0 heterocycles. The third kappa shape index (κ3) is 16.1. The summed E-state index contributed by atoms with van der Waals surface area (Å²) in [6.45, 7) is 18.3. The van der Waals surface area contributed by atoms with Crippen molar-refractivity contribution in [3.05, 3.63) is 205 Å². The molecule has 0 saturated heterocycles. The first kappa shape index (κ1) is 51.6. The van der Waals surface area contributed by atoms with Crippen LogP contribution in [0.3, 0.4) is 0 Å². The Kier molecular flexibility index (Phi) is 24.6. The molecular formula is C52H58BrN2NaOP2. The van der Waals surface area contributed by atoms with Crippen molar-refractivity contribution >= 4 is 51.8 Å². The average Bonchev–Trinajstić information content (AvgIpc) is 3.25. The summed E-state index contributed by atoms with van der Waals surface area (Å²) in [5.41, 5.74) is -0.750. The van der Waals surface area contributed by atoms with E-state index in [-0.39, 0.29) is 46.5 Å². The minimum absolute atomic E-state index is 0. The van der Waals surface area contributed by atoms with Crippen LogP contribution in [-0.2, 0) is 0 Å². The molecule has 6 rings (SSSR count). The minimum Gasteiger partial charge on any atom is -1.00 e. The van der Waals surface area contributed by atoms with E-state index in [1.165, 1.54) is 31.8 Å². The zero-order valence-corrected chi connectivity index (χ0v) is 40.7. The van der Waals surface area contributed by atoms with Gasteiger partial charge in [-0.2, -0.15) is 0 Å². The first-order valence-corrected chi connectivity index (χ1v) is 23.9. The third-order valence-electron chi connectivity index (χ3n) is 9.47. The molecule has 0 radical (unpaired) electrons. The van der Waals surface area contributed by atoms with E-state index in [0.29, 0.717) is 13.1 Å². The van der Waals surface area contributed by atoms with Gasteiger partial charge in [0, 0.05) is 12.8 Å². The van der Waals surface area contributed by atoms with Crippen LogP contribution in [0.5, 0.6) is 0 Å². The van der Waals surface area contributed by atoms with E-state index in [0.717, 1.165) is 44.7 Å².